The minimum absolute atomic E-state index is 0.279. The Morgan fingerprint density at radius 2 is 1.61 bits per heavy atom. The van der Waals surface area contributed by atoms with Gasteiger partial charge in [-0.1, -0.05) is 59.7 Å². The van der Waals surface area contributed by atoms with Gasteiger partial charge < -0.3 is 13.9 Å². The standard InChI is InChI=1S/C30H45NO5SSi/c1-11-35-30(32)24(8)17-25-18-27(34-9)19-26(20-36-38(21(2)3,22(4)5)23(6)7)29(25)31-37(10,33)28-15-13-12-14-16-28/h12-19,21-23H,11,20H2,1-10H3/b24-17+/t37-/m0/s1. The molecule has 0 fully saturated rings. The molecule has 0 saturated heterocycles. The van der Waals surface area contributed by atoms with Gasteiger partial charge >= 0.3 is 5.97 Å². The van der Waals surface area contributed by atoms with Gasteiger partial charge in [-0.05, 0) is 60.8 Å². The molecule has 210 valence electrons. The smallest absolute Gasteiger partial charge is 0.333 e. The number of hydrogen-bond donors (Lipinski definition) is 0. The molecule has 0 saturated carbocycles. The number of esters is 1. The number of carbonyl (C=O) groups excluding carboxylic acids is 1. The Labute approximate surface area is 231 Å². The van der Waals surface area contributed by atoms with E-state index in [9.17, 15) is 9.00 Å². The highest BCUT2D eigenvalue weighted by molar-refractivity contribution is 7.93. The van der Waals surface area contributed by atoms with Crippen LogP contribution in [0.2, 0.25) is 16.6 Å². The first-order chi connectivity index (χ1) is 17.8. The van der Waals surface area contributed by atoms with E-state index in [2.05, 4.69) is 41.5 Å². The molecule has 0 spiro atoms. The maximum absolute atomic E-state index is 13.9. The number of nitrogens with zero attached hydrogens (tertiary/aromatic N) is 1. The number of hydrogen-bond acceptors (Lipinski definition) is 6. The summed E-state index contributed by atoms with van der Waals surface area (Å²) in [6.07, 6.45) is 3.36. The Morgan fingerprint density at radius 3 is 2.11 bits per heavy atom. The molecule has 0 N–H and O–H groups in total. The fourth-order valence-electron chi connectivity index (χ4n) is 5.28. The Balaban J connectivity index is 2.82. The van der Waals surface area contributed by atoms with E-state index in [-0.39, 0.29) is 6.61 Å². The number of carbonyl (C=O) groups is 1. The summed E-state index contributed by atoms with van der Waals surface area (Å²) in [5.74, 6) is 0.198. The minimum atomic E-state index is -2.80. The highest BCUT2D eigenvalue weighted by Crippen LogP contribution is 2.44. The van der Waals surface area contributed by atoms with Crippen LogP contribution in [0, 0.1) is 0 Å². The third-order valence-electron chi connectivity index (χ3n) is 7.03. The second kappa shape index (κ2) is 13.6. The lowest BCUT2D eigenvalue weighted by atomic mass is 10.0. The van der Waals surface area contributed by atoms with Gasteiger partial charge in [0.05, 0.1) is 35.7 Å². The molecule has 0 aliphatic carbocycles. The molecule has 1 atom stereocenters. The summed E-state index contributed by atoms with van der Waals surface area (Å²) in [4.78, 5) is 13.1. The van der Waals surface area contributed by atoms with Crippen LogP contribution >= 0.6 is 0 Å². The molecule has 0 aliphatic heterocycles. The molecule has 0 unspecified atom stereocenters. The van der Waals surface area contributed by atoms with Crippen LogP contribution in [0.15, 0.2) is 57.3 Å². The van der Waals surface area contributed by atoms with Crippen molar-refractivity contribution in [3.63, 3.8) is 0 Å². The quantitative estimate of drug-likeness (QED) is 0.149. The van der Waals surface area contributed by atoms with Crippen LogP contribution in [-0.2, 0) is 30.3 Å². The van der Waals surface area contributed by atoms with Crippen molar-refractivity contribution in [1.29, 1.82) is 0 Å². The highest BCUT2D eigenvalue weighted by atomic mass is 32.2. The summed E-state index contributed by atoms with van der Waals surface area (Å²) >= 11 is 0. The average Bonchev–Trinajstić information content (AvgIpc) is 2.85. The fourth-order valence-corrected chi connectivity index (χ4v) is 12.0. The first-order valence-corrected chi connectivity index (χ1v) is 17.3. The highest BCUT2D eigenvalue weighted by Gasteiger charge is 2.45. The van der Waals surface area contributed by atoms with Crippen LogP contribution in [0.3, 0.4) is 0 Å². The molecule has 38 heavy (non-hydrogen) atoms. The van der Waals surface area contributed by atoms with Gasteiger partial charge in [-0.15, -0.1) is 0 Å². The largest absolute Gasteiger partial charge is 0.497 e. The Morgan fingerprint density at radius 1 is 1.03 bits per heavy atom. The maximum atomic E-state index is 13.9. The summed E-state index contributed by atoms with van der Waals surface area (Å²) in [7, 11) is -3.41. The second-order valence-corrected chi connectivity index (χ2v) is 18.3. The normalized spacial score (nSPS) is 14.1. The number of rotatable bonds is 12. The Bertz CT molecular complexity index is 1220. The van der Waals surface area contributed by atoms with Crippen LogP contribution in [0.5, 0.6) is 5.75 Å². The average molecular weight is 560 g/mol. The lowest BCUT2D eigenvalue weighted by Crippen LogP contribution is -2.47. The van der Waals surface area contributed by atoms with Crippen molar-refractivity contribution in [3.05, 3.63) is 59.2 Å². The first kappa shape index (κ1) is 31.8. The zero-order valence-electron chi connectivity index (χ0n) is 24.7. The number of ether oxygens (including phenoxy) is 2. The summed E-state index contributed by atoms with van der Waals surface area (Å²) < 4.78 is 36.5. The number of benzene rings is 2. The van der Waals surface area contributed by atoms with Gasteiger partial charge in [0.15, 0.2) is 0 Å². The van der Waals surface area contributed by atoms with Gasteiger partial charge in [0, 0.05) is 27.9 Å². The molecule has 2 aromatic carbocycles. The molecule has 0 heterocycles. The van der Waals surface area contributed by atoms with E-state index >= 15 is 0 Å². The van der Waals surface area contributed by atoms with Crippen LogP contribution in [0.4, 0.5) is 5.69 Å². The SMILES string of the molecule is CCOC(=O)/C(C)=C/c1cc(OC)cc(CO[Si](C(C)C)(C(C)C)C(C)C)c1N=[S@@](C)(=O)c1ccccc1. The Kier molecular flexibility index (Phi) is 11.4. The van der Waals surface area contributed by atoms with Crippen LogP contribution in [-0.4, -0.2) is 38.5 Å². The maximum Gasteiger partial charge on any atom is 0.333 e. The van der Waals surface area contributed by atoms with Gasteiger partial charge in [-0.3, -0.25) is 0 Å². The molecule has 6 nitrogen and oxygen atoms in total. The molecule has 0 bridgehead atoms. The number of methoxy groups -OCH3 is 1. The van der Waals surface area contributed by atoms with Crippen molar-refractivity contribution < 1.29 is 22.9 Å². The third kappa shape index (κ3) is 7.36. The lowest BCUT2D eigenvalue weighted by molar-refractivity contribution is -0.138. The molecule has 2 aromatic rings. The van der Waals surface area contributed by atoms with Gasteiger partial charge in [-0.25, -0.2) is 9.00 Å². The van der Waals surface area contributed by atoms with Crippen LogP contribution in [0.1, 0.15) is 66.5 Å². The topological polar surface area (TPSA) is 74.2 Å². The molecule has 0 radical (unpaired) electrons. The third-order valence-corrected chi connectivity index (χ3v) is 14.8. The molecule has 0 amide bonds. The van der Waals surface area contributed by atoms with E-state index in [1.165, 1.54) is 0 Å². The van der Waals surface area contributed by atoms with E-state index in [0.29, 0.717) is 50.7 Å². The van der Waals surface area contributed by atoms with Crippen LogP contribution < -0.4 is 4.74 Å². The van der Waals surface area contributed by atoms with E-state index in [1.54, 1.807) is 33.3 Å². The monoisotopic (exact) mass is 559 g/mol. The molecule has 8 heteroatoms. The minimum Gasteiger partial charge on any atom is -0.497 e. The van der Waals surface area contributed by atoms with Crippen molar-refractivity contribution in [2.24, 2.45) is 4.36 Å². The van der Waals surface area contributed by atoms with Crippen molar-refractivity contribution in [1.82, 2.24) is 0 Å². The van der Waals surface area contributed by atoms with Gasteiger partial charge in [0.2, 0.25) is 8.32 Å². The van der Waals surface area contributed by atoms with E-state index in [1.807, 2.05) is 42.5 Å². The zero-order valence-corrected chi connectivity index (χ0v) is 26.5. The van der Waals surface area contributed by atoms with E-state index < -0.39 is 24.0 Å². The van der Waals surface area contributed by atoms with Crippen molar-refractivity contribution in [3.8, 4) is 5.75 Å². The van der Waals surface area contributed by atoms with Gasteiger partial charge in [-0.2, -0.15) is 4.36 Å². The van der Waals surface area contributed by atoms with Crippen molar-refractivity contribution in [2.75, 3.05) is 20.0 Å². The molecular formula is C30H45NO5SSi. The van der Waals surface area contributed by atoms with Crippen LogP contribution in [0.25, 0.3) is 6.08 Å². The molecular weight excluding hydrogens is 514 g/mol. The summed E-state index contributed by atoms with van der Waals surface area (Å²) in [6, 6.07) is 12.9. The first-order valence-electron chi connectivity index (χ1n) is 13.3. The summed E-state index contributed by atoms with van der Waals surface area (Å²) in [5.41, 5.74) is 3.56. The molecule has 0 aliphatic rings. The Hall–Kier alpha value is -2.42. The second-order valence-electron chi connectivity index (χ2n) is 10.6. The van der Waals surface area contributed by atoms with E-state index in [0.717, 1.165) is 5.56 Å². The van der Waals surface area contributed by atoms with Gasteiger partial charge in [0.25, 0.3) is 0 Å². The summed E-state index contributed by atoms with van der Waals surface area (Å²) in [6.45, 7) is 17.5. The molecule has 0 aromatic heterocycles. The predicted molar refractivity (Wildman–Crippen MR) is 160 cm³/mol. The predicted octanol–water partition coefficient (Wildman–Crippen LogP) is 8.14. The zero-order chi connectivity index (χ0) is 28.7. The lowest BCUT2D eigenvalue weighted by Gasteiger charge is -2.42. The van der Waals surface area contributed by atoms with Gasteiger partial charge in [0.1, 0.15) is 5.75 Å². The molecule has 2 rings (SSSR count). The van der Waals surface area contributed by atoms with Crippen molar-refractivity contribution in [2.45, 2.75) is 83.5 Å². The van der Waals surface area contributed by atoms with Crippen molar-refractivity contribution >= 4 is 35.8 Å². The summed E-state index contributed by atoms with van der Waals surface area (Å²) in [5, 5.41) is 0. The van der Waals surface area contributed by atoms with E-state index in [4.69, 9.17) is 18.3 Å². The fraction of sp³-hybridized carbons (Fsp3) is 0.500.